The van der Waals surface area contributed by atoms with Gasteiger partial charge in [-0.25, -0.2) is 0 Å². The van der Waals surface area contributed by atoms with Crippen LogP contribution in [0.25, 0.3) is 0 Å². The Morgan fingerprint density at radius 1 is 1.29 bits per heavy atom. The summed E-state index contributed by atoms with van der Waals surface area (Å²) >= 11 is 0. The molecule has 0 aliphatic carbocycles. The third-order valence-electron chi connectivity index (χ3n) is 2.97. The molecular weight excluding hydrogens is 226 g/mol. The zero-order valence-electron chi connectivity index (χ0n) is 10.5. The third-order valence-corrected chi connectivity index (χ3v) is 2.97. The smallest absolute Gasteiger partial charge is 0.186 e. The van der Waals surface area contributed by atoms with E-state index in [9.17, 15) is 0 Å². The number of nitrogens with one attached hydrogen (secondary N) is 1. The summed E-state index contributed by atoms with van der Waals surface area (Å²) in [4.78, 5) is 0. The number of aliphatic hydroxyl groups excluding tert-OH is 1. The molecule has 2 rings (SSSR count). The number of aliphatic hydroxyl groups is 1. The highest BCUT2D eigenvalue weighted by atomic mass is 16.8. The van der Waals surface area contributed by atoms with E-state index in [0.29, 0.717) is 13.1 Å². The zero-order chi connectivity index (χ0) is 12.5. The second-order valence-corrected chi connectivity index (χ2v) is 4.77. The van der Waals surface area contributed by atoms with Gasteiger partial charge in [-0.3, -0.25) is 0 Å². The summed E-state index contributed by atoms with van der Waals surface area (Å²) in [5, 5.41) is 11.8. The van der Waals surface area contributed by atoms with Crippen molar-refractivity contribution in [3.8, 4) is 0 Å². The second-order valence-electron chi connectivity index (χ2n) is 4.77. The predicted molar refractivity (Wildman–Crippen MR) is 59.5 cm³/mol. The Morgan fingerprint density at radius 2 is 2.00 bits per heavy atom. The fourth-order valence-corrected chi connectivity index (χ4v) is 2.32. The van der Waals surface area contributed by atoms with Crippen molar-refractivity contribution < 1.29 is 24.1 Å². The molecule has 2 aliphatic heterocycles. The van der Waals surface area contributed by atoms with E-state index in [-0.39, 0.29) is 31.2 Å². The topological polar surface area (TPSA) is 69.2 Å². The summed E-state index contributed by atoms with van der Waals surface area (Å²) in [5.41, 5.74) is 0. The minimum Gasteiger partial charge on any atom is -0.395 e. The predicted octanol–water partition coefficient (Wildman–Crippen LogP) is -0.540. The number of rotatable bonds is 5. The fourth-order valence-electron chi connectivity index (χ4n) is 2.32. The fraction of sp³-hybridized carbons (Fsp3) is 1.00. The van der Waals surface area contributed by atoms with Gasteiger partial charge in [0.25, 0.3) is 0 Å². The van der Waals surface area contributed by atoms with E-state index in [1.54, 1.807) is 7.11 Å². The molecule has 0 spiro atoms. The summed E-state index contributed by atoms with van der Waals surface area (Å²) in [6.07, 6.45) is -0.807. The van der Waals surface area contributed by atoms with Crippen LogP contribution in [0.15, 0.2) is 0 Å². The molecule has 6 nitrogen and oxygen atoms in total. The van der Waals surface area contributed by atoms with E-state index in [4.69, 9.17) is 24.1 Å². The van der Waals surface area contributed by atoms with Crippen LogP contribution in [0.5, 0.6) is 0 Å². The molecule has 0 aromatic heterocycles. The monoisotopic (exact) mass is 247 g/mol. The first-order valence-corrected chi connectivity index (χ1v) is 5.93. The Labute approximate surface area is 101 Å². The lowest BCUT2D eigenvalue weighted by molar-refractivity contribution is -0.226. The summed E-state index contributed by atoms with van der Waals surface area (Å²) in [6.45, 7) is 5.03. The maximum absolute atomic E-state index is 8.72. The Hall–Kier alpha value is -0.240. The molecule has 0 aromatic rings. The molecule has 0 bridgehead atoms. The molecule has 2 heterocycles. The van der Waals surface area contributed by atoms with Crippen LogP contribution in [0.4, 0.5) is 0 Å². The molecule has 2 N–H and O–H groups in total. The van der Waals surface area contributed by atoms with E-state index >= 15 is 0 Å². The van der Waals surface area contributed by atoms with Gasteiger partial charge in [0.2, 0.25) is 0 Å². The molecule has 4 atom stereocenters. The van der Waals surface area contributed by atoms with Gasteiger partial charge in [0.15, 0.2) is 12.1 Å². The van der Waals surface area contributed by atoms with Crippen LogP contribution >= 0.6 is 0 Å². The van der Waals surface area contributed by atoms with Gasteiger partial charge >= 0.3 is 0 Å². The van der Waals surface area contributed by atoms with E-state index in [1.807, 2.05) is 13.8 Å². The third kappa shape index (κ3) is 2.78. The highest BCUT2D eigenvalue weighted by Crippen LogP contribution is 2.38. The molecule has 2 fully saturated rings. The first-order chi connectivity index (χ1) is 8.07. The Balaban J connectivity index is 1.95. The second kappa shape index (κ2) is 5.17. The maximum Gasteiger partial charge on any atom is 0.186 e. The summed E-state index contributed by atoms with van der Waals surface area (Å²) in [6, 6.07) is 0. The van der Waals surface area contributed by atoms with Crippen molar-refractivity contribution >= 4 is 0 Å². The van der Waals surface area contributed by atoms with Crippen molar-refractivity contribution in [2.45, 2.75) is 44.2 Å². The van der Waals surface area contributed by atoms with Gasteiger partial charge in [-0.15, -0.1) is 0 Å². The number of methoxy groups -OCH3 is 1. The van der Waals surface area contributed by atoms with Crippen molar-refractivity contribution in [3.05, 3.63) is 0 Å². The number of ether oxygens (including phenoxy) is 4. The van der Waals surface area contributed by atoms with Crippen LogP contribution < -0.4 is 5.32 Å². The van der Waals surface area contributed by atoms with Gasteiger partial charge in [0, 0.05) is 20.2 Å². The molecule has 0 unspecified atom stereocenters. The molecule has 0 saturated carbocycles. The van der Waals surface area contributed by atoms with Crippen LogP contribution in [0.3, 0.4) is 0 Å². The first-order valence-electron chi connectivity index (χ1n) is 5.93. The number of fused-ring (bicyclic) bond motifs is 1. The van der Waals surface area contributed by atoms with Gasteiger partial charge in [-0.2, -0.15) is 0 Å². The van der Waals surface area contributed by atoms with Crippen LogP contribution in [0.1, 0.15) is 13.8 Å². The van der Waals surface area contributed by atoms with Crippen LogP contribution in [-0.2, 0) is 18.9 Å². The van der Waals surface area contributed by atoms with E-state index < -0.39 is 5.79 Å². The maximum atomic E-state index is 8.72. The normalized spacial score (nSPS) is 39.5. The lowest BCUT2D eigenvalue weighted by atomic mass is 10.1. The molecule has 17 heavy (non-hydrogen) atoms. The van der Waals surface area contributed by atoms with E-state index in [2.05, 4.69) is 5.32 Å². The summed E-state index contributed by atoms with van der Waals surface area (Å²) in [7, 11) is 1.60. The molecule has 100 valence electrons. The highest BCUT2D eigenvalue weighted by molar-refractivity contribution is 4.95. The number of hydrogen-bond donors (Lipinski definition) is 2. The minimum absolute atomic E-state index is 0.109. The van der Waals surface area contributed by atoms with Gasteiger partial charge < -0.3 is 29.4 Å². The lowest BCUT2D eigenvalue weighted by Crippen LogP contribution is -2.38. The average Bonchev–Trinajstić information content (AvgIpc) is 2.73. The van der Waals surface area contributed by atoms with Crippen molar-refractivity contribution in [1.29, 1.82) is 0 Å². The minimum atomic E-state index is -0.592. The molecule has 0 radical (unpaired) electrons. The standard InChI is InChI=1S/C11H21NO5/c1-11(2)16-8-7(6-12-4-5-13)15-10(14-3)9(8)17-11/h7-10,12-13H,4-6H2,1-3H3/t7-,8-,9-,10+/m1/s1. The Kier molecular flexibility index (Phi) is 4.02. The SMILES string of the molecule is CO[C@H]1O[C@H](CNCCO)[C@H]2OC(C)(C)O[C@@H]12. The quantitative estimate of drug-likeness (QED) is 0.636. The van der Waals surface area contributed by atoms with Crippen LogP contribution in [0, 0.1) is 0 Å². The molecule has 0 amide bonds. The molecular formula is C11H21NO5. The van der Waals surface area contributed by atoms with Gasteiger partial charge in [0.1, 0.15) is 18.3 Å². The summed E-state index contributed by atoms with van der Waals surface area (Å²) in [5.74, 6) is -0.592. The van der Waals surface area contributed by atoms with Crippen molar-refractivity contribution in [1.82, 2.24) is 5.32 Å². The summed E-state index contributed by atoms with van der Waals surface area (Å²) < 4.78 is 22.5. The van der Waals surface area contributed by atoms with E-state index in [0.717, 1.165) is 0 Å². The van der Waals surface area contributed by atoms with Gasteiger partial charge in [0.05, 0.1) is 6.61 Å². The van der Waals surface area contributed by atoms with E-state index in [1.165, 1.54) is 0 Å². The van der Waals surface area contributed by atoms with Gasteiger partial charge in [-0.1, -0.05) is 0 Å². The van der Waals surface area contributed by atoms with Crippen LogP contribution in [-0.4, -0.2) is 62.3 Å². The Morgan fingerprint density at radius 3 is 2.65 bits per heavy atom. The average molecular weight is 247 g/mol. The van der Waals surface area contributed by atoms with Crippen molar-refractivity contribution in [2.24, 2.45) is 0 Å². The zero-order valence-corrected chi connectivity index (χ0v) is 10.5. The molecule has 6 heteroatoms. The molecule has 0 aromatic carbocycles. The van der Waals surface area contributed by atoms with Crippen molar-refractivity contribution in [2.75, 3.05) is 26.8 Å². The largest absolute Gasteiger partial charge is 0.395 e. The molecule has 2 saturated heterocycles. The number of hydrogen-bond acceptors (Lipinski definition) is 6. The van der Waals surface area contributed by atoms with Gasteiger partial charge in [-0.05, 0) is 13.8 Å². The van der Waals surface area contributed by atoms with Crippen molar-refractivity contribution in [3.63, 3.8) is 0 Å². The molecule has 2 aliphatic rings. The lowest BCUT2D eigenvalue weighted by Gasteiger charge is -2.23. The first kappa shape index (κ1) is 13.2. The highest BCUT2D eigenvalue weighted by Gasteiger charge is 2.55. The van der Waals surface area contributed by atoms with Crippen LogP contribution in [0.2, 0.25) is 0 Å². The Bertz CT molecular complexity index is 260.